The lowest BCUT2D eigenvalue weighted by Crippen LogP contribution is -2.21. The molecule has 23 heavy (non-hydrogen) atoms. The van der Waals surface area contributed by atoms with Crippen molar-refractivity contribution in [1.29, 1.82) is 0 Å². The molecule has 3 rings (SSSR count). The molecule has 118 valence electrons. The lowest BCUT2D eigenvalue weighted by atomic mass is 10.2. The number of nitrogens with one attached hydrogen (secondary N) is 1. The van der Waals surface area contributed by atoms with Crippen LogP contribution in [0, 0.1) is 0 Å². The van der Waals surface area contributed by atoms with Gasteiger partial charge in [-0.15, -0.1) is 0 Å². The van der Waals surface area contributed by atoms with Crippen LogP contribution in [0.1, 0.15) is 6.92 Å². The van der Waals surface area contributed by atoms with E-state index in [9.17, 15) is 4.79 Å². The Morgan fingerprint density at radius 1 is 1.30 bits per heavy atom. The van der Waals surface area contributed by atoms with Crippen LogP contribution in [0.4, 0.5) is 11.8 Å². The van der Waals surface area contributed by atoms with Gasteiger partial charge in [-0.2, -0.15) is 10.2 Å². The van der Waals surface area contributed by atoms with Crippen LogP contribution < -0.4 is 11.1 Å². The molecule has 0 aromatic carbocycles. The van der Waals surface area contributed by atoms with E-state index in [4.69, 9.17) is 5.73 Å². The number of anilines is 2. The van der Waals surface area contributed by atoms with E-state index in [1.807, 2.05) is 6.92 Å². The maximum Gasteiger partial charge on any atom is 0.247 e. The minimum absolute atomic E-state index is 0.0927. The number of aromatic nitrogens is 6. The third-order valence-electron chi connectivity index (χ3n) is 3.19. The second-order valence-corrected chi connectivity index (χ2v) is 4.81. The van der Waals surface area contributed by atoms with Crippen LogP contribution in [0.5, 0.6) is 0 Å². The molecule has 0 saturated heterocycles. The van der Waals surface area contributed by atoms with Crippen molar-refractivity contribution in [3.63, 3.8) is 0 Å². The van der Waals surface area contributed by atoms with Crippen LogP contribution in [-0.2, 0) is 17.9 Å². The van der Waals surface area contributed by atoms with Gasteiger partial charge in [0.2, 0.25) is 11.9 Å². The number of nitrogens with two attached hydrogens (primary N) is 1. The number of nitrogens with zero attached hydrogens (tertiary/aromatic N) is 6. The molecule has 0 atom stereocenters. The molecule has 3 N–H and O–H groups in total. The summed E-state index contributed by atoms with van der Waals surface area (Å²) in [6.45, 7) is 2.73. The molecule has 3 aromatic heterocycles. The summed E-state index contributed by atoms with van der Waals surface area (Å²) in [6, 6.07) is 3.48. The second kappa shape index (κ2) is 6.26. The predicted octanol–water partition coefficient (Wildman–Crippen LogP) is 0.777. The summed E-state index contributed by atoms with van der Waals surface area (Å²) >= 11 is 0. The first-order chi connectivity index (χ1) is 11.2. The lowest BCUT2D eigenvalue weighted by molar-refractivity contribution is -0.116. The summed E-state index contributed by atoms with van der Waals surface area (Å²) in [7, 11) is 0. The fourth-order valence-electron chi connectivity index (χ4n) is 2.14. The molecular weight excluding hydrogens is 296 g/mol. The molecule has 9 nitrogen and oxygen atoms in total. The number of aryl methyl sites for hydroxylation is 1. The molecule has 0 bridgehead atoms. The van der Waals surface area contributed by atoms with E-state index in [0.29, 0.717) is 18.1 Å². The molecule has 1 amide bonds. The number of nitrogen functional groups attached to an aromatic ring is 1. The molecule has 3 aromatic rings. The highest BCUT2D eigenvalue weighted by atomic mass is 16.2. The highest BCUT2D eigenvalue weighted by molar-refractivity contribution is 5.89. The van der Waals surface area contributed by atoms with Crippen LogP contribution in [0.25, 0.3) is 11.3 Å². The van der Waals surface area contributed by atoms with E-state index in [-0.39, 0.29) is 18.4 Å². The van der Waals surface area contributed by atoms with Gasteiger partial charge in [-0.05, 0) is 13.0 Å². The van der Waals surface area contributed by atoms with Crippen LogP contribution in [-0.4, -0.2) is 35.4 Å². The largest absolute Gasteiger partial charge is 0.368 e. The van der Waals surface area contributed by atoms with Crippen LogP contribution >= 0.6 is 0 Å². The molecule has 0 fully saturated rings. The molecule has 0 saturated carbocycles. The van der Waals surface area contributed by atoms with Gasteiger partial charge in [-0.25, -0.2) is 14.6 Å². The predicted molar refractivity (Wildman–Crippen MR) is 84.2 cm³/mol. The number of hydrogen-bond donors (Lipinski definition) is 2. The molecule has 9 heteroatoms. The van der Waals surface area contributed by atoms with Crippen molar-refractivity contribution in [1.82, 2.24) is 29.5 Å². The minimum atomic E-state index is -0.183. The molecule has 0 aliphatic heterocycles. The average Bonchev–Trinajstić information content (AvgIpc) is 3.16. The van der Waals surface area contributed by atoms with Crippen molar-refractivity contribution in [2.75, 3.05) is 11.1 Å². The highest BCUT2D eigenvalue weighted by Crippen LogP contribution is 2.15. The maximum absolute atomic E-state index is 12.1. The summed E-state index contributed by atoms with van der Waals surface area (Å²) in [5.74, 6) is 0.673. The smallest absolute Gasteiger partial charge is 0.247 e. The molecular formula is C14H16N8O. The molecule has 0 spiro atoms. The summed E-state index contributed by atoms with van der Waals surface area (Å²) < 4.78 is 3.24. The lowest BCUT2D eigenvalue weighted by Gasteiger charge is -2.06. The van der Waals surface area contributed by atoms with Gasteiger partial charge in [0.05, 0.1) is 18.1 Å². The van der Waals surface area contributed by atoms with Crippen molar-refractivity contribution < 1.29 is 4.79 Å². The van der Waals surface area contributed by atoms with E-state index in [1.54, 1.807) is 41.6 Å². The van der Waals surface area contributed by atoms with Crippen molar-refractivity contribution in [2.24, 2.45) is 0 Å². The Bertz CT molecular complexity index is 822. The van der Waals surface area contributed by atoms with E-state index < -0.39 is 0 Å². The van der Waals surface area contributed by atoms with E-state index in [2.05, 4.69) is 25.5 Å². The Hall–Kier alpha value is -3.23. The number of carbonyl (C=O) groups is 1. The first kappa shape index (κ1) is 14.7. The minimum Gasteiger partial charge on any atom is -0.368 e. The van der Waals surface area contributed by atoms with E-state index in [1.165, 1.54) is 4.68 Å². The zero-order valence-electron chi connectivity index (χ0n) is 12.5. The van der Waals surface area contributed by atoms with E-state index >= 15 is 0 Å². The Balaban J connectivity index is 1.68. The fraction of sp³-hybridized carbons (Fsp3) is 0.214. The summed E-state index contributed by atoms with van der Waals surface area (Å²) in [5, 5.41) is 11.1. The molecule has 3 heterocycles. The van der Waals surface area contributed by atoms with Gasteiger partial charge in [0.15, 0.2) is 0 Å². The Kier molecular flexibility index (Phi) is 4.00. The molecule has 0 radical (unpaired) electrons. The SMILES string of the molecule is CCn1nccc1NC(=O)Cn1cc(-c2ccnc(N)n2)cn1. The number of amides is 1. The standard InChI is InChI=1S/C14H16N8O/c1-2-22-12(4-6-17-22)20-13(23)9-21-8-10(7-18-21)11-3-5-16-14(15)19-11/h3-8H,2,9H2,1H3,(H,20,23)(H2,15,16,19). The van der Waals surface area contributed by atoms with Gasteiger partial charge in [0.25, 0.3) is 0 Å². The Morgan fingerprint density at radius 2 is 2.17 bits per heavy atom. The number of rotatable bonds is 5. The summed E-state index contributed by atoms with van der Waals surface area (Å²) in [6.07, 6.45) is 6.59. The molecule has 0 unspecified atom stereocenters. The second-order valence-electron chi connectivity index (χ2n) is 4.81. The third-order valence-corrected chi connectivity index (χ3v) is 3.19. The quantitative estimate of drug-likeness (QED) is 0.719. The maximum atomic E-state index is 12.1. The summed E-state index contributed by atoms with van der Waals surface area (Å²) in [5.41, 5.74) is 6.99. The first-order valence-corrected chi connectivity index (χ1v) is 7.08. The van der Waals surface area contributed by atoms with Gasteiger partial charge in [0, 0.05) is 30.6 Å². The van der Waals surface area contributed by atoms with Gasteiger partial charge in [-0.3, -0.25) is 9.48 Å². The third kappa shape index (κ3) is 3.34. The van der Waals surface area contributed by atoms with E-state index in [0.717, 1.165) is 5.56 Å². The van der Waals surface area contributed by atoms with Crippen molar-refractivity contribution in [3.8, 4) is 11.3 Å². The van der Waals surface area contributed by atoms with Gasteiger partial charge >= 0.3 is 0 Å². The average molecular weight is 312 g/mol. The summed E-state index contributed by atoms with van der Waals surface area (Å²) in [4.78, 5) is 20.1. The fourth-order valence-corrected chi connectivity index (χ4v) is 2.14. The molecule has 0 aliphatic carbocycles. The zero-order chi connectivity index (χ0) is 16.2. The van der Waals surface area contributed by atoms with Crippen molar-refractivity contribution in [3.05, 3.63) is 36.9 Å². The van der Waals surface area contributed by atoms with Crippen LogP contribution in [0.15, 0.2) is 36.9 Å². The Labute approximate surface area is 132 Å². The normalized spacial score (nSPS) is 10.7. The van der Waals surface area contributed by atoms with Crippen LogP contribution in [0.3, 0.4) is 0 Å². The zero-order valence-corrected chi connectivity index (χ0v) is 12.5. The number of hydrogen-bond acceptors (Lipinski definition) is 6. The van der Waals surface area contributed by atoms with Gasteiger partial charge < -0.3 is 11.1 Å². The topological polar surface area (TPSA) is 117 Å². The number of carbonyl (C=O) groups excluding carboxylic acids is 1. The Morgan fingerprint density at radius 3 is 2.96 bits per heavy atom. The highest BCUT2D eigenvalue weighted by Gasteiger charge is 2.09. The van der Waals surface area contributed by atoms with Crippen molar-refractivity contribution >= 4 is 17.7 Å². The monoisotopic (exact) mass is 312 g/mol. The van der Waals surface area contributed by atoms with Crippen LogP contribution in [0.2, 0.25) is 0 Å². The first-order valence-electron chi connectivity index (χ1n) is 7.08. The van der Waals surface area contributed by atoms with Gasteiger partial charge in [-0.1, -0.05) is 0 Å². The van der Waals surface area contributed by atoms with Gasteiger partial charge in [0.1, 0.15) is 12.4 Å². The molecule has 0 aliphatic rings. The van der Waals surface area contributed by atoms with Crippen molar-refractivity contribution in [2.45, 2.75) is 20.0 Å².